The maximum atomic E-state index is 12.2. The molecule has 0 bridgehead atoms. The summed E-state index contributed by atoms with van der Waals surface area (Å²) in [6.45, 7) is 3.99. The number of amides is 1. The third-order valence-corrected chi connectivity index (χ3v) is 5.65. The molecule has 2 heterocycles. The number of carbonyl (C=O) groups is 1. The van der Waals surface area contributed by atoms with Crippen molar-refractivity contribution in [2.24, 2.45) is 5.73 Å². The number of ether oxygens (including phenoxy) is 1. The minimum atomic E-state index is -0.366. The summed E-state index contributed by atoms with van der Waals surface area (Å²) in [6, 6.07) is 8.17. The van der Waals surface area contributed by atoms with E-state index in [1.54, 1.807) is 0 Å². The standard InChI is InChI=1S/C18H27N3O2S/c19-13-16-5-6-17(23-16)18(22)20-15-3-1-14(2-4-15)7-8-21-9-11-24-12-10-21/h1-4,16-17H,5-13,19H2,(H,20,22)/t16-,17+/m1/s1. The van der Waals surface area contributed by atoms with Crippen LogP contribution < -0.4 is 11.1 Å². The number of thioether (sulfide) groups is 1. The molecule has 2 aliphatic heterocycles. The van der Waals surface area contributed by atoms with Gasteiger partial charge in [-0.1, -0.05) is 12.1 Å². The summed E-state index contributed by atoms with van der Waals surface area (Å²) >= 11 is 2.04. The van der Waals surface area contributed by atoms with Crippen molar-refractivity contribution in [1.82, 2.24) is 4.90 Å². The van der Waals surface area contributed by atoms with E-state index in [0.29, 0.717) is 6.54 Å². The van der Waals surface area contributed by atoms with E-state index in [2.05, 4.69) is 22.3 Å². The summed E-state index contributed by atoms with van der Waals surface area (Å²) < 4.78 is 5.63. The highest BCUT2D eigenvalue weighted by Crippen LogP contribution is 2.21. The van der Waals surface area contributed by atoms with Gasteiger partial charge in [-0.15, -0.1) is 0 Å². The Hall–Kier alpha value is -1.08. The SMILES string of the molecule is NC[C@H]1CC[C@@H](C(=O)Nc2ccc(CCN3CCSCC3)cc2)O1. The first-order valence-corrected chi connectivity index (χ1v) is 9.95. The van der Waals surface area contributed by atoms with Gasteiger partial charge in [-0.05, 0) is 37.0 Å². The van der Waals surface area contributed by atoms with Crippen LogP contribution in [-0.4, -0.2) is 60.7 Å². The third-order valence-electron chi connectivity index (χ3n) is 4.70. The van der Waals surface area contributed by atoms with Crippen molar-refractivity contribution in [2.75, 3.05) is 43.0 Å². The molecular formula is C18H27N3O2S. The molecule has 2 atom stereocenters. The van der Waals surface area contributed by atoms with Gasteiger partial charge in [0.1, 0.15) is 6.10 Å². The maximum Gasteiger partial charge on any atom is 0.253 e. The lowest BCUT2D eigenvalue weighted by Gasteiger charge is -2.26. The van der Waals surface area contributed by atoms with Crippen LogP contribution in [0, 0.1) is 0 Å². The molecule has 0 unspecified atom stereocenters. The minimum Gasteiger partial charge on any atom is -0.364 e. The Morgan fingerprint density at radius 2 is 2.00 bits per heavy atom. The molecule has 2 aliphatic rings. The van der Waals surface area contributed by atoms with Crippen LogP contribution in [0.25, 0.3) is 0 Å². The summed E-state index contributed by atoms with van der Waals surface area (Å²) in [7, 11) is 0. The van der Waals surface area contributed by atoms with Crippen molar-refractivity contribution in [3.05, 3.63) is 29.8 Å². The quantitative estimate of drug-likeness (QED) is 0.819. The normalized spacial score (nSPS) is 24.9. The number of rotatable bonds is 6. The highest BCUT2D eigenvalue weighted by Gasteiger charge is 2.29. The first-order chi connectivity index (χ1) is 11.7. The number of hydrogen-bond donors (Lipinski definition) is 2. The van der Waals surface area contributed by atoms with Crippen LogP contribution in [0.15, 0.2) is 24.3 Å². The molecule has 6 heteroatoms. The molecule has 5 nitrogen and oxygen atoms in total. The molecule has 1 aromatic carbocycles. The lowest BCUT2D eigenvalue weighted by Crippen LogP contribution is -2.34. The number of hydrogen-bond acceptors (Lipinski definition) is 5. The molecule has 1 aromatic rings. The molecule has 0 aromatic heterocycles. The van der Waals surface area contributed by atoms with Crippen LogP contribution >= 0.6 is 11.8 Å². The summed E-state index contributed by atoms with van der Waals surface area (Å²) in [5.74, 6) is 2.43. The van der Waals surface area contributed by atoms with Crippen LogP contribution in [0.3, 0.4) is 0 Å². The van der Waals surface area contributed by atoms with E-state index in [0.717, 1.165) is 31.5 Å². The van der Waals surface area contributed by atoms with Gasteiger partial charge in [0.05, 0.1) is 6.10 Å². The first-order valence-electron chi connectivity index (χ1n) is 8.80. The Kier molecular flexibility index (Phi) is 6.54. The summed E-state index contributed by atoms with van der Waals surface area (Å²) in [4.78, 5) is 14.7. The fourth-order valence-corrected chi connectivity index (χ4v) is 4.14. The Labute approximate surface area is 148 Å². The largest absolute Gasteiger partial charge is 0.364 e. The van der Waals surface area contributed by atoms with Gasteiger partial charge in [0.15, 0.2) is 0 Å². The number of nitrogens with one attached hydrogen (secondary N) is 1. The van der Waals surface area contributed by atoms with Crippen LogP contribution in [-0.2, 0) is 16.0 Å². The molecule has 0 aliphatic carbocycles. The van der Waals surface area contributed by atoms with E-state index in [1.165, 1.54) is 30.2 Å². The molecule has 3 N–H and O–H groups in total. The summed E-state index contributed by atoms with van der Waals surface area (Å²) in [5.41, 5.74) is 7.73. The molecule has 132 valence electrons. The highest BCUT2D eigenvalue weighted by molar-refractivity contribution is 7.99. The zero-order valence-corrected chi connectivity index (χ0v) is 14.9. The zero-order valence-electron chi connectivity index (χ0n) is 14.1. The van der Waals surface area contributed by atoms with Crippen molar-refractivity contribution in [1.29, 1.82) is 0 Å². The second-order valence-electron chi connectivity index (χ2n) is 6.45. The van der Waals surface area contributed by atoms with Gasteiger partial charge < -0.3 is 20.7 Å². The van der Waals surface area contributed by atoms with Crippen molar-refractivity contribution < 1.29 is 9.53 Å². The average Bonchev–Trinajstić information content (AvgIpc) is 3.11. The van der Waals surface area contributed by atoms with Gasteiger partial charge >= 0.3 is 0 Å². The van der Waals surface area contributed by atoms with Crippen molar-refractivity contribution >= 4 is 23.4 Å². The first kappa shape index (κ1) is 17.7. The van der Waals surface area contributed by atoms with E-state index in [1.807, 2.05) is 23.9 Å². The number of nitrogens with two attached hydrogens (primary N) is 1. The Bertz CT molecular complexity index is 532. The lowest BCUT2D eigenvalue weighted by atomic mass is 10.1. The fourth-order valence-electron chi connectivity index (χ4n) is 3.16. The van der Waals surface area contributed by atoms with Crippen molar-refractivity contribution in [3.8, 4) is 0 Å². The van der Waals surface area contributed by atoms with Crippen LogP contribution in [0.2, 0.25) is 0 Å². The average molecular weight is 350 g/mol. The second kappa shape index (κ2) is 8.85. The summed E-state index contributed by atoms with van der Waals surface area (Å²) in [6.07, 6.45) is 2.33. The van der Waals surface area contributed by atoms with E-state index in [-0.39, 0.29) is 18.1 Å². The van der Waals surface area contributed by atoms with Gasteiger partial charge in [-0.25, -0.2) is 0 Å². The van der Waals surface area contributed by atoms with E-state index in [4.69, 9.17) is 10.5 Å². The molecule has 2 fully saturated rings. The number of anilines is 1. The molecule has 0 saturated carbocycles. The Morgan fingerprint density at radius 1 is 1.25 bits per heavy atom. The topological polar surface area (TPSA) is 67.6 Å². The smallest absolute Gasteiger partial charge is 0.253 e. The highest BCUT2D eigenvalue weighted by atomic mass is 32.2. The predicted molar refractivity (Wildman–Crippen MR) is 99.5 cm³/mol. The van der Waals surface area contributed by atoms with E-state index < -0.39 is 0 Å². The number of carbonyl (C=O) groups excluding carboxylic acids is 1. The second-order valence-corrected chi connectivity index (χ2v) is 7.67. The lowest BCUT2D eigenvalue weighted by molar-refractivity contribution is -0.126. The van der Waals surface area contributed by atoms with Gasteiger partial charge in [0.25, 0.3) is 5.91 Å². The van der Waals surface area contributed by atoms with Gasteiger partial charge in [-0.2, -0.15) is 11.8 Å². The van der Waals surface area contributed by atoms with Crippen LogP contribution in [0.5, 0.6) is 0 Å². The number of nitrogens with zero attached hydrogens (tertiary/aromatic N) is 1. The Morgan fingerprint density at radius 3 is 2.67 bits per heavy atom. The molecule has 0 spiro atoms. The van der Waals surface area contributed by atoms with Gasteiger partial charge in [0.2, 0.25) is 0 Å². The third kappa shape index (κ3) is 4.96. The van der Waals surface area contributed by atoms with Crippen LogP contribution in [0.4, 0.5) is 5.69 Å². The molecule has 1 amide bonds. The molecule has 2 saturated heterocycles. The molecule has 0 radical (unpaired) electrons. The Balaban J connectivity index is 1.44. The minimum absolute atomic E-state index is 0.0244. The van der Waals surface area contributed by atoms with E-state index in [9.17, 15) is 4.79 Å². The van der Waals surface area contributed by atoms with Gasteiger partial charge in [0, 0.05) is 43.4 Å². The van der Waals surface area contributed by atoms with E-state index >= 15 is 0 Å². The molecular weight excluding hydrogens is 322 g/mol. The predicted octanol–water partition coefficient (Wildman–Crippen LogP) is 1.72. The fraction of sp³-hybridized carbons (Fsp3) is 0.611. The van der Waals surface area contributed by atoms with Gasteiger partial charge in [-0.3, -0.25) is 4.79 Å². The zero-order chi connectivity index (χ0) is 16.8. The molecule has 3 rings (SSSR count). The summed E-state index contributed by atoms with van der Waals surface area (Å²) in [5, 5.41) is 2.94. The molecule has 24 heavy (non-hydrogen) atoms. The number of benzene rings is 1. The van der Waals surface area contributed by atoms with Crippen molar-refractivity contribution in [3.63, 3.8) is 0 Å². The monoisotopic (exact) mass is 349 g/mol. The van der Waals surface area contributed by atoms with Crippen LogP contribution in [0.1, 0.15) is 18.4 Å². The maximum absolute atomic E-state index is 12.2. The van der Waals surface area contributed by atoms with Crippen molar-refractivity contribution in [2.45, 2.75) is 31.5 Å².